The van der Waals surface area contributed by atoms with E-state index in [4.69, 9.17) is 0 Å². The molecule has 1 aliphatic rings. The minimum atomic E-state index is -0.457. The molecule has 0 radical (unpaired) electrons. The maximum Gasteiger partial charge on any atom is 0.0732 e. The van der Waals surface area contributed by atoms with Crippen LogP contribution in [0, 0.1) is 11.8 Å². The van der Waals surface area contributed by atoms with Gasteiger partial charge in [-0.05, 0) is 25.2 Å². The predicted octanol–water partition coefficient (Wildman–Crippen LogP) is 2.36. The molecule has 0 saturated heterocycles. The van der Waals surface area contributed by atoms with Crippen LogP contribution in [-0.4, -0.2) is 10.7 Å². The number of hydrogen-bond donors (Lipinski definition) is 1. The second-order valence-electron chi connectivity index (χ2n) is 3.88. The molecule has 0 aromatic heterocycles. The lowest BCUT2D eigenvalue weighted by atomic mass is 9.81. The van der Waals surface area contributed by atoms with Crippen LogP contribution in [0.4, 0.5) is 0 Å². The van der Waals surface area contributed by atoms with Gasteiger partial charge in [0, 0.05) is 5.92 Å². The van der Waals surface area contributed by atoms with Gasteiger partial charge in [-0.15, -0.1) is 6.58 Å². The molecule has 64 valence electrons. The normalized spacial score (nSPS) is 38.0. The molecule has 1 aliphatic carbocycles. The Balaban J connectivity index is 2.74. The van der Waals surface area contributed by atoms with E-state index in [9.17, 15) is 5.11 Å². The Morgan fingerprint density at radius 3 is 2.64 bits per heavy atom. The second-order valence-corrected chi connectivity index (χ2v) is 3.88. The third kappa shape index (κ3) is 1.34. The van der Waals surface area contributed by atoms with Crippen molar-refractivity contribution in [2.45, 2.75) is 38.7 Å². The molecule has 0 spiro atoms. The smallest absolute Gasteiger partial charge is 0.0732 e. The fraction of sp³-hybridized carbons (Fsp3) is 0.800. The number of hydrogen-bond acceptors (Lipinski definition) is 1. The van der Waals surface area contributed by atoms with Crippen molar-refractivity contribution in [2.75, 3.05) is 0 Å². The molecule has 1 fully saturated rings. The first-order valence-electron chi connectivity index (χ1n) is 4.46. The Hall–Kier alpha value is -0.300. The van der Waals surface area contributed by atoms with Crippen LogP contribution in [0.2, 0.25) is 0 Å². The molecule has 11 heavy (non-hydrogen) atoms. The van der Waals surface area contributed by atoms with Crippen LogP contribution in [-0.2, 0) is 0 Å². The molecule has 2 atom stereocenters. The Kier molecular flexibility index (Phi) is 2.38. The topological polar surface area (TPSA) is 20.2 Å². The van der Waals surface area contributed by atoms with Crippen molar-refractivity contribution >= 4 is 0 Å². The first kappa shape index (κ1) is 8.79. The van der Waals surface area contributed by atoms with Gasteiger partial charge in [0.05, 0.1) is 5.60 Å². The van der Waals surface area contributed by atoms with E-state index in [-0.39, 0.29) is 0 Å². The lowest BCUT2D eigenvalue weighted by Gasteiger charge is -2.32. The molecule has 0 aromatic rings. The van der Waals surface area contributed by atoms with Gasteiger partial charge in [0.15, 0.2) is 0 Å². The number of aliphatic hydroxyl groups is 1. The lowest BCUT2D eigenvalue weighted by molar-refractivity contribution is -0.0242. The van der Waals surface area contributed by atoms with Gasteiger partial charge in [0.25, 0.3) is 0 Å². The molecule has 0 bridgehead atoms. The Bertz CT molecular complexity index is 151. The molecule has 0 unspecified atom stereocenters. The van der Waals surface area contributed by atoms with Crippen molar-refractivity contribution in [3.05, 3.63) is 12.7 Å². The average molecular weight is 154 g/mol. The van der Waals surface area contributed by atoms with Crippen molar-refractivity contribution in [3.63, 3.8) is 0 Å². The Morgan fingerprint density at radius 2 is 2.27 bits per heavy atom. The molecule has 0 amide bonds. The first-order chi connectivity index (χ1) is 5.11. The first-order valence-corrected chi connectivity index (χ1v) is 4.46. The average Bonchev–Trinajstić information content (AvgIpc) is 2.32. The van der Waals surface area contributed by atoms with Gasteiger partial charge >= 0.3 is 0 Å². The van der Waals surface area contributed by atoms with Gasteiger partial charge in [-0.1, -0.05) is 19.9 Å². The maximum absolute atomic E-state index is 10.2. The maximum atomic E-state index is 10.2. The van der Waals surface area contributed by atoms with Gasteiger partial charge in [-0.3, -0.25) is 0 Å². The van der Waals surface area contributed by atoms with Crippen LogP contribution >= 0.6 is 0 Å². The zero-order valence-electron chi connectivity index (χ0n) is 7.51. The summed E-state index contributed by atoms with van der Waals surface area (Å²) in [5.41, 5.74) is -0.457. The van der Waals surface area contributed by atoms with Crippen molar-refractivity contribution in [3.8, 4) is 0 Å². The molecule has 1 heteroatoms. The third-order valence-electron chi connectivity index (χ3n) is 3.02. The molecule has 1 rings (SSSR count). The van der Waals surface area contributed by atoms with E-state index in [1.807, 2.05) is 6.08 Å². The second kappa shape index (κ2) is 2.98. The van der Waals surface area contributed by atoms with Gasteiger partial charge in [0.2, 0.25) is 0 Å². The molecular formula is C10H18O. The van der Waals surface area contributed by atoms with E-state index in [2.05, 4.69) is 20.4 Å². The van der Waals surface area contributed by atoms with Gasteiger partial charge in [0.1, 0.15) is 0 Å². The van der Waals surface area contributed by atoms with Gasteiger partial charge in [-0.25, -0.2) is 0 Å². The quantitative estimate of drug-likeness (QED) is 0.605. The monoisotopic (exact) mass is 154 g/mol. The summed E-state index contributed by atoms with van der Waals surface area (Å²) in [7, 11) is 0. The summed E-state index contributed by atoms with van der Waals surface area (Å²) in [6.07, 6.45) is 5.11. The largest absolute Gasteiger partial charge is 0.389 e. The number of rotatable bonds is 2. The third-order valence-corrected chi connectivity index (χ3v) is 3.02. The van der Waals surface area contributed by atoms with Crippen LogP contribution in [0.1, 0.15) is 33.1 Å². The van der Waals surface area contributed by atoms with E-state index in [0.29, 0.717) is 11.8 Å². The van der Waals surface area contributed by atoms with Crippen LogP contribution in [0.5, 0.6) is 0 Å². The van der Waals surface area contributed by atoms with Crippen LogP contribution < -0.4 is 0 Å². The highest BCUT2D eigenvalue weighted by molar-refractivity contribution is 5.01. The minimum Gasteiger partial charge on any atom is -0.389 e. The van der Waals surface area contributed by atoms with E-state index in [1.54, 1.807) is 0 Å². The highest BCUT2D eigenvalue weighted by Crippen LogP contribution is 2.41. The summed E-state index contributed by atoms with van der Waals surface area (Å²) in [6, 6.07) is 0. The van der Waals surface area contributed by atoms with Crippen molar-refractivity contribution < 1.29 is 5.11 Å². The van der Waals surface area contributed by atoms with Gasteiger partial charge in [-0.2, -0.15) is 0 Å². The zero-order valence-corrected chi connectivity index (χ0v) is 7.51. The van der Waals surface area contributed by atoms with E-state index < -0.39 is 5.60 Å². The van der Waals surface area contributed by atoms with Crippen LogP contribution in [0.25, 0.3) is 0 Å². The highest BCUT2D eigenvalue weighted by atomic mass is 16.3. The standard InChI is InChI=1S/C10H18O/c1-4-9-6-5-7-10(9,11)8(2)3/h4,8-9,11H,1,5-7H2,2-3H3/t9-,10-/m1/s1. The summed E-state index contributed by atoms with van der Waals surface area (Å²) < 4.78 is 0. The van der Waals surface area contributed by atoms with E-state index >= 15 is 0 Å². The summed E-state index contributed by atoms with van der Waals surface area (Å²) in [6.45, 7) is 7.93. The summed E-state index contributed by atoms with van der Waals surface area (Å²) >= 11 is 0. The van der Waals surface area contributed by atoms with Crippen LogP contribution in [0.15, 0.2) is 12.7 Å². The minimum absolute atomic E-state index is 0.322. The molecule has 1 nitrogen and oxygen atoms in total. The lowest BCUT2D eigenvalue weighted by Crippen LogP contribution is -2.37. The summed E-state index contributed by atoms with van der Waals surface area (Å²) in [5.74, 6) is 0.676. The van der Waals surface area contributed by atoms with Crippen LogP contribution in [0.3, 0.4) is 0 Å². The molecular weight excluding hydrogens is 136 g/mol. The Morgan fingerprint density at radius 1 is 1.64 bits per heavy atom. The molecule has 1 N–H and O–H groups in total. The summed E-state index contributed by atoms with van der Waals surface area (Å²) in [4.78, 5) is 0. The molecule has 1 saturated carbocycles. The highest BCUT2D eigenvalue weighted by Gasteiger charge is 2.41. The van der Waals surface area contributed by atoms with E-state index in [0.717, 1.165) is 19.3 Å². The SMILES string of the molecule is C=C[C@@H]1CCC[C@@]1(O)C(C)C. The fourth-order valence-corrected chi connectivity index (χ4v) is 2.08. The summed E-state index contributed by atoms with van der Waals surface area (Å²) in [5, 5.41) is 10.2. The van der Waals surface area contributed by atoms with E-state index in [1.165, 1.54) is 0 Å². The zero-order chi connectivity index (χ0) is 8.48. The predicted molar refractivity (Wildman–Crippen MR) is 47.3 cm³/mol. The Labute approximate surface area is 69.1 Å². The van der Waals surface area contributed by atoms with Gasteiger partial charge < -0.3 is 5.11 Å². The molecule has 0 aliphatic heterocycles. The van der Waals surface area contributed by atoms with Crippen molar-refractivity contribution in [2.24, 2.45) is 11.8 Å². The molecule has 0 aromatic carbocycles. The fourth-order valence-electron chi connectivity index (χ4n) is 2.08. The van der Waals surface area contributed by atoms with Crippen molar-refractivity contribution in [1.82, 2.24) is 0 Å². The van der Waals surface area contributed by atoms with Crippen molar-refractivity contribution in [1.29, 1.82) is 0 Å². The molecule has 0 heterocycles.